The van der Waals surface area contributed by atoms with Gasteiger partial charge in [-0.25, -0.2) is 19.2 Å². The van der Waals surface area contributed by atoms with Gasteiger partial charge in [0.05, 0.1) is 39.0 Å². The van der Waals surface area contributed by atoms with Crippen molar-refractivity contribution in [2.75, 3.05) is 56.9 Å². The average molecular weight is 606 g/mol. The highest BCUT2D eigenvalue weighted by atomic mass is 32.1. The van der Waals surface area contributed by atoms with Crippen LogP contribution < -0.4 is 16.0 Å². The van der Waals surface area contributed by atoms with Crippen molar-refractivity contribution in [3.63, 3.8) is 0 Å². The summed E-state index contributed by atoms with van der Waals surface area (Å²) in [5.74, 6) is -1.31. The predicted octanol–water partition coefficient (Wildman–Crippen LogP) is 4.25. The smallest absolute Gasteiger partial charge is 0.352 e. The molecule has 0 saturated carbocycles. The Morgan fingerprint density at radius 3 is 2.64 bits per heavy atom. The Kier molecular flexibility index (Phi) is 8.65. The van der Waals surface area contributed by atoms with Crippen molar-refractivity contribution < 1.29 is 27.2 Å². The van der Waals surface area contributed by atoms with Crippen LogP contribution in [0.15, 0.2) is 36.7 Å². The Labute approximate surface area is 241 Å². The number of H-pyrrole nitrogens is 1. The molecule has 5 rings (SSSR count). The fourth-order valence-corrected chi connectivity index (χ4v) is 5.18. The third kappa shape index (κ3) is 7.00. The molecule has 0 spiro atoms. The van der Waals surface area contributed by atoms with Gasteiger partial charge < -0.3 is 20.4 Å². The molecular weight excluding hydrogens is 578 g/mol. The zero-order valence-corrected chi connectivity index (χ0v) is 23.2. The normalized spacial score (nSPS) is 14.7. The minimum absolute atomic E-state index is 0.0799. The molecule has 1 saturated heterocycles. The molecule has 3 aromatic heterocycles. The lowest BCUT2D eigenvalue weighted by molar-refractivity contribution is -0.137. The van der Waals surface area contributed by atoms with Gasteiger partial charge in [0.2, 0.25) is 0 Å². The van der Waals surface area contributed by atoms with Gasteiger partial charge in [-0.3, -0.25) is 15.2 Å². The molecule has 0 unspecified atom stereocenters. The van der Waals surface area contributed by atoms with E-state index in [-0.39, 0.29) is 11.0 Å². The number of aromatic nitrogens is 4. The lowest BCUT2D eigenvalue weighted by Crippen LogP contribution is -2.45. The van der Waals surface area contributed by atoms with Crippen LogP contribution in [0.3, 0.4) is 0 Å². The van der Waals surface area contributed by atoms with E-state index in [0.29, 0.717) is 51.9 Å². The van der Waals surface area contributed by atoms with Gasteiger partial charge in [0, 0.05) is 38.9 Å². The Balaban J connectivity index is 1.23. The number of nitrogens with one attached hydrogen (secondary N) is 4. The number of alkyl halides is 3. The molecule has 4 heterocycles. The molecule has 16 heteroatoms. The number of hydrogen-bond donors (Lipinski definition) is 4. The van der Waals surface area contributed by atoms with Crippen molar-refractivity contribution in [2.45, 2.75) is 12.6 Å². The zero-order chi connectivity index (χ0) is 29.9. The van der Waals surface area contributed by atoms with E-state index in [1.165, 1.54) is 12.4 Å². The lowest BCUT2D eigenvalue weighted by Gasteiger charge is -2.32. The number of pyridine rings is 1. The van der Waals surface area contributed by atoms with E-state index >= 15 is 0 Å². The molecule has 4 N–H and O–H groups in total. The molecule has 11 nitrogen and oxygen atoms in total. The number of rotatable bonds is 8. The van der Waals surface area contributed by atoms with Crippen molar-refractivity contribution in [1.82, 2.24) is 35.3 Å². The van der Waals surface area contributed by atoms with E-state index in [4.69, 9.17) is 0 Å². The topological polar surface area (TPSA) is 131 Å². The average Bonchev–Trinajstić information content (AvgIpc) is 3.61. The summed E-state index contributed by atoms with van der Waals surface area (Å²) in [6.07, 6.45) is -0.957. The second-order valence-electron chi connectivity index (χ2n) is 9.74. The summed E-state index contributed by atoms with van der Waals surface area (Å²) >= 11 is 1.01. The molecule has 1 aliphatic rings. The van der Waals surface area contributed by atoms with Crippen LogP contribution in [0.25, 0.3) is 21.6 Å². The number of carbonyl (C=O) groups is 2. The summed E-state index contributed by atoms with van der Waals surface area (Å²) in [7, 11) is 2.10. The number of halogens is 4. The molecule has 0 atom stereocenters. The van der Waals surface area contributed by atoms with Crippen LogP contribution in [0.4, 0.5) is 33.2 Å². The number of nitrogens with zero attached hydrogens (tertiary/aromatic N) is 5. The fraction of sp³-hybridized carbons (Fsp3) is 0.346. The largest absolute Gasteiger partial charge is 0.416 e. The van der Waals surface area contributed by atoms with E-state index in [0.717, 1.165) is 50.5 Å². The number of urea groups is 1. The van der Waals surface area contributed by atoms with E-state index in [1.54, 1.807) is 6.07 Å². The minimum atomic E-state index is -4.70. The summed E-state index contributed by atoms with van der Waals surface area (Å²) in [6.45, 7) is 5.45. The van der Waals surface area contributed by atoms with Crippen molar-refractivity contribution in [3.05, 3.63) is 53.6 Å². The SMILES string of the molecule is CN1CCN(CCCNC(=O)c2cc(-c3cnc(NC(=O)Nc4cc(C(F)(F)F)ccc4F)s3)nc3[nH]ncc23)CC1. The first-order chi connectivity index (χ1) is 20.1. The van der Waals surface area contributed by atoms with Gasteiger partial charge >= 0.3 is 12.2 Å². The summed E-state index contributed by atoms with van der Waals surface area (Å²) in [6, 6.07) is 2.33. The van der Waals surface area contributed by atoms with Crippen molar-refractivity contribution in [2.24, 2.45) is 0 Å². The summed E-state index contributed by atoms with van der Waals surface area (Å²) in [4.78, 5) is 39.2. The highest BCUT2D eigenvalue weighted by molar-refractivity contribution is 7.19. The van der Waals surface area contributed by atoms with Crippen LogP contribution in [0.2, 0.25) is 0 Å². The molecule has 0 bridgehead atoms. The standard InChI is InChI=1S/C26H27F4N9O2S/c1-38-7-9-39(10-8-38)6-2-5-31-23(40)16-12-20(34-22-17(16)13-33-37-22)21-14-32-25(42-21)36-24(41)35-19-11-15(26(28,29)30)3-4-18(19)27/h3-4,11-14H,2,5-10H2,1H3,(H,31,40)(H,33,34,37)(H2,32,35,36,41). The Bertz CT molecular complexity index is 1580. The van der Waals surface area contributed by atoms with Gasteiger partial charge in [-0.05, 0) is 44.3 Å². The van der Waals surface area contributed by atoms with Gasteiger partial charge in [-0.2, -0.15) is 18.3 Å². The maximum atomic E-state index is 14.0. The number of likely N-dealkylation sites (N-methyl/N-ethyl adjacent to an activating group) is 1. The highest BCUT2D eigenvalue weighted by Gasteiger charge is 2.31. The number of fused-ring (bicyclic) bond motifs is 1. The summed E-state index contributed by atoms with van der Waals surface area (Å²) in [5.41, 5.74) is -0.598. The molecule has 42 heavy (non-hydrogen) atoms. The Morgan fingerprint density at radius 2 is 1.88 bits per heavy atom. The Morgan fingerprint density at radius 1 is 1.10 bits per heavy atom. The molecule has 3 amide bonds. The number of piperazine rings is 1. The van der Waals surface area contributed by atoms with E-state index in [9.17, 15) is 27.2 Å². The highest BCUT2D eigenvalue weighted by Crippen LogP contribution is 2.33. The minimum Gasteiger partial charge on any atom is -0.352 e. The van der Waals surface area contributed by atoms with Gasteiger partial charge in [0.15, 0.2) is 10.8 Å². The Hall–Kier alpha value is -4.15. The first-order valence-corrected chi connectivity index (χ1v) is 13.8. The second kappa shape index (κ2) is 12.4. The van der Waals surface area contributed by atoms with Crippen molar-refractivity contribution >= 4 is 45.1 Å². The van der Waals surface area contributed by atoms with E-state index in [1.807, 2.05) is 0 Å². The number of anilines is 2. The molecule has 1 fully saturated rings. The van der Waals surface area contributed by atoms with Gasteiger partial charge in [0.25, 0.3) is 5.91 Å². The summed E-state index contributed by atoms with van der Waals surface area (Å²) in [5, 5.41) is 14.8. The first kappa shape index (κ1) is 29.3. The van der Waals surface area contributed by atoms with Crippen LogP contribution >= 0.6 is 11.3 Å². The van der Waals surface area contributed by atoms with Gasteiger partial charge in [-0.15, -0.1) is 0 Å². The number of hydrogen-bond acceptors (Lipinski definition) is 8. The molecule has 0 aliphatic carbocycles. The maximum absolute atomic E-state index is 14.0. The number of benzene rings is 1. The number of aromatic amines is 1. The van der Waals surface area contributed by atoms with Gasteiger partial charge in [0.1, 0.15) is 5.82 Å². The van der Waals surface area contributed by atoms with Crippen LogP contribution in [-0.2, 0) is 6.18 Å². The number of thiazole rings is 1. The quantitative estimate of drug-likeness (QED) is 0.175. The van der Waals surface area contributed by atoms with Crippen LogP contribution in [0.1, 0.15) is 22.3 Å². The maximum Gasteiger partial charge on any atom is 0.416 e. The predicted molar refractivity (Wildman–Crippen MR) is 150 cm³/mol. The second-order valence-corrected chi connectivity index (χ2v) is 10.8. The van der Waals surface area contributed by atoms with Crippen LogP contribution in [0, 0.1) is 5.82 Å². The number of carbonyl (C=O) groups excluding carboxylic acids is 2. The van der Waals surface area contributed by atoms with E-state index < -0.39 is 29.3 Å². The first-order valence-electron chi connectivity index (χ1n) is 13.0. The molecule has 1 aromatic carbocycles. The zero-order valence-electron chi connectivity index (χ0n) is 22.4. The van der Waals surface area contributed by atoms with Crippen LogP contribution in [-0.4, -0.2) is 88.2 Å². The van der Waals surface area contributed by atoms with E-state index in [2.05, 4.69) is 53.0 Å². The van der Waals surface area contributed by atoms with Gasteiger partial charge in [-0.1, -0.05) is 11.3 Å². The van der Waals surface area contributed by atoms with Crippen molar-refractivity contribution in [1.29, 1.82) is 0 Å². The van der Waals surface area contributed by atoms with Crippen molar-refractivity contribution in [3.8, 4) is 10.6 Å². The fourth-order valence-electron chi connectivity index (χ4n) is 4.41. The molecule has 1 aliphatic heterocycles. The third-order valence-electron chi connectivity index (χ3n) is 6.72. The summed E-state index contributed by atoms with van der Waals surface area (Å²) < 4.78 is 52.9. The molecule has 4 aromatic rings. The molecule has 222 valence electrons. The third-order valence-corrected chi connectivity index (χ3v) is 7.66. The molecular formula is C26H27F4N9O2S. The number of amides is 3. The van der Waals surface area contributed by atoms with Crippen LogP contribution in [0.5, 0.6) is 0 Å². The lowest BCUT2D eigenvalue weighted by atomic mass is 10.1. The monoisotopic (exact) mass is 605 g/mol. The molecule has 0 radical (unpaired) electrons.